The van der Waals surface area contributed by atoms with Gasteiger partial charge in [0.2, 0.25) is 0 Å². The van der Waals surface area contributed by atoms with E-state index in [4.69, 9.17) is 10.8 Å². The number of rotatable bonds is 5. The molecule has 0 aliphatic carbocycles. The van der Waals surface area contributed by atoms with Crippen LogP contribution in [-0.2, 0) is 6.54 Å². The number of nitrogens with one attached hydrogen (secondary N) is 1. The molecule has 0 spiro atoms. The van der Waals surface area contributed by atoms with E-state index >= 15 is 0 Å². The van der Waals surface area contributed by atoms with E-state index in [0.29, 0.717) is 0 Å². The van der Waals surface area contributed by atoms with Crippen molar-refractivity contribution < 1.29 is 4.42 Å². The standard InChI is InChI=1S/C16H19NO/c1-4-8-13(5-2)17-11-15-12(3)18-16-10-7-6-9-14(15)16/h2,6-7,9-10,13,17H,4,8,11H2,1,3H3. The summed E-state index contributed by atoms with van der Waals surface area (Å²) in [6.07, 6.45) is 7.61. The molecule has 1 atom stereocenters. The van der Waals surface area contributed by atoms with Crippen molar-refractivity contribution in [1.82, 2.24) is 5.32 Å². The van der Waals surface area contributed by atoms with Gasteiger partial charge in [0.1, 0.15) is 11.3 Å². The molecule has 1 aromatic carbocycles. The van der Waals surface area contributed by atoms with Crippen LogP contribution in [0.25, 0.3) is 11.0 Å². The van der Waals surface area contributed by atoms with Crippen molar-refractivity contribution in [2.45, 2.75) is 39.3 Å². The van der Waals surface area contributed by atoms with Crippen LogP contribution < -0.4 is 5.32 Å². The molecular formula is C16H19NO. The molecule has 0 radical (unpaired) electrons. The van der Waals surface area contributed by atoms with Gasteiger partial charge in [-0.25, -0.2) is 0 Å². The van der Waals surface area contributed by atoms with Gasteiger partial charge in [0.25, 0.3) is 0 Å². The molecule has 2 aromatic rings. The number of para-hydroxylation sites is 1. The fraction of sp³-hybridized carbons (Fsp3) is 0.375. The van der Waals surface area contributed by atoms with Crippen LogP contribution in [0.1, 0.15) is 31.1 Å². The third-order valence-electron chi connectivity index (χ3n) is 3.20. The van der Waals surface area contributed by atoms with Gasteiger partial charge in [-0.2, -0.15) is 0 Å². The molecule has 0 aliphatic heterocycles. The molecule has 0 saturated heterocycles. The Morgan fingerprint density at radius 3 is 2.89 bits per heavy atom. The number of aryl methyl sites for hydroxylation is 1. The summed E-state index contributed by atoms with van der Waals surface area (Å²) >= 11 is 0. The summed E-state index contributed by atoms with van der Waals surface area (Å²) in [5.74, 6) is 3.76. The average molecular weight is 241 g/mol. The third kappa shape index (κ3) is 2.57. The fourth-order valence-electron chi connectivity index (χ4n) is 2.20. The number of furan rings is 1. The van der Waals surface area contributed by atoms with Crippen molar-refractivity contribution in [2.24, 2.45) is 0 Å². The van der Waals surface area contributed by atoms with E-state index in [0.717, 1.165) is 30.7 Å². The van der Waals surface area contributed by atoms with Crippen molar-refractivity contribution in [2.75, 3.05) is 0 Å². The highest BCUT2D eigenvalue weighted by Gasteiger charge is 2.11. The first-order valence-corrected chi connectivity index (χ1v) is 6.42. The van der Waals surface area contributed by atoms with Gasteiger partial charge in [-0.3, -0.25) is 5.32 Å². The molecule has 0 fully saturated rings. The summed E-state index contributed by atoms with van der Waals surface area (Å²) in [6.45, 7) is 4.91. The molecule has 1 aromatic heterocycles. The number of benzene rings is 1. The maximum absolute atomic E-state index is 5.73. The summed E-state index contributed by atoms with van der Waals surface area (Å²) in [7, 11) is 0. The van der Waals surface area contributed by atoms with Crippen molar-refractivity contribution in [3.63, 3.8) is 0 Å². The Bertz CT molecular complexity index is 562. The fourth-order valence-corrected chi connectivity index (χ4v) is 2.20. The van der Waals surface area contributed by atoms with Crippen molar-refractivity contribution in [3.05, 3.63) is 35.6 Å². The van der Waals surface area contributed by atoms with Crippen LogP contribution in [0.2, 0.25) is 0 Å². The maximum Gasteiger partial charge on any atom is 0.134 e. The molecule has 0 saturated carbocycles. The van der Waals surface area contributed by atoms with Gasteiger partial charge >= 0.3 is 0 Å². The molecule has 0 aliphatic rings. The van der Waals surface area contributed by atoms with Gasteiger partial charge in [-0.05, 0) is 19.4 Å². The average Bonchev–Trinajstić information content (AvgIpc) is 2.70. The number of hydrogen-bond donors (Lipinski definition) is 1. The Morgan fingerprint density at radius 1 is 1.39 bits per heavy atom. The summed E-state index contributed by atoms with van der Waals surface area (Å²) in [4.78, 5) is 0. The highest BCUT2D eigenvalue weighted by atomic mass is 16.3. The number of terminal acetylenes is 1. The predicted octanol–water partition coefficient (Wildman–Crippen LogP) is 3.63. The molecule has 2 nitrogen and oxygen atoms in total. The largest absolute Gasteiger partial charge is 0.461 e. The minimum absolute atomic E-state index is 0.142. The zero-order valence-electron chi connectivity index (χ0n) is 11.0. The third-order valence-corrected chi connectivity index (χ3v) is 3.20. The molecule has 2 rings (SSSR count). The summed E-state index contributed by atoms with van der Waals surface area (Å²) < 4.78 is 5.73. The van der Waals surface area contributed by atoms with Crippen molar-refractivity contribution >= 4 is 11.0 Å². The van der Waals surface area contributed by atoms with Gasteiger partial charge in [0.15, 0.2) is 0 Å². The van der Waals surface area contributed by atoms with Crippen LogP contribution in [-0.4, -0.2) is 6.04 Å². The molecule has 1 unspecified atom stereocenters. The topological polar surface area (TPSA) is 25.2 Å². The minimum Gasteiger partial charge on any atom is -0.461 e. The lowest BCUT2D eigenvalue weighted by Gasteiger charge is -2.11. The van der Waals surface area contributed by atoms with E-state index in [1.807, 2.05) is 25.1 Å². The molecule has 1 N–H and O–H groups in total. The molecule has 0 bridgehead atoms. The van der Waals surface area contributed by atoms with Crippen LogP contribution in [0.4, 0.5) is 0 Å². The van der Waals surface area contributed by atoms with E-state index in [1.54, 1.807) is 0 Å². The maximum atomic E-state index is 5.73. The highest BCUT2D eigenvalue weighted by Crippen LogP contribution is 2.25. The van der Waals surface area contributed by atoms with Gasteiger partial charge in [0.05, 0.1) is 6.04 Å². The van der Waals surface area contributed by atoms with E-state index in [2.05, 4.69) is 24.2 Å². The quantitative estimate of drug-likeness (QED) is 0.809. The summed E-state index contributed by atoms with van der Waals surface area (Å²) in [6, 6.07) is 8.25. The summed E-state index contributed by atoms with van der Waals surface area (Å²) in [5, 5.41) is 4.59. The second-order valence-electron chi connectivity index (χ2n) is 4.52. The molecule has 94 valence electrons. The first kappa shape index (κ1) is 12.7. The highest BCUT2D eigenvalue weighted by molar-refractivity contribution is 5.82. The van der Waals surface area contributed by atoms with Crippen LogP contribution >= 0.6 is 0 Å². The van der Waals surface area contributed by atoms with Crippen LogP contribution in [0.15, 0.2) is 28.7 Å². The lowest BCUT2D eigenvalue weighted by atomic mass is 10.1. The Balaban J connectivity index is 2.17. The number of fused-ring (bicyclic) bond motifs is 1. The van der Waals surface area contributed by atoms with Crippen LogP contribution in [0.3, 0.4) is 0 Å². The molecule has 0 amide bonds. The second-order valence-corrected chi connectivity index (χ2v) is 4.52. The summed E-state index contributed by atoms with van der Waals surface area (Å²) in [5.41, 5.74) is 2.15. The van der Waals surface area contributed by atoms with E-state index in [1.165, 1.54) is 10.9 Å². The van der Waals surface area contributed by atoms with Crippen molar-refractivity contribution in [3.8, 4) is 12.3 Å². The molecular weight excluding hydrogens is 222 g/mol. The number of hydrogen-bond acceptors (Lipinski definition) is 2. The lowest BCUT2D eigenvalue weighted by molar-refractivity contribution is 0.541. The molecule has 2 heteroatoms. The SMILES string of the molecule is C#CC(CCC)NCc1c(C)oc2ccccc12. The van der Waals surface area contributed by atoms with E-state index in [-0.39, 0.29) is 6.04 Å². The lowest BCUT2D eigenvalue weighted by Crippen LogP contribution is -2.26. The Hall–Kier alpha value is -1.72. The van der Waals surface area contributed by atoms with Gasteiger partial charge in [0, 0.05) is 17.5 Å². The van der Waals surface area contributed by atoms with Gasteiger partial charge < -0.3 is 4.42 Å². The smallest absolute Gasteiger partial charge is 0.134 e. The zero-order chi connectivity index (χ0) is 13.0. The van der Waals surface area contributed by atoms with Gasteiger partial charge in [-0.1, -0.05) is 37.5 Å². The molecule has 18 heavy (non-hydrogen) atoms. The Labute approximate surface area is 108 Å². The van der Waals surface area contributed by atoms with Crippen LogP contribution in [0.5, 0.6) is 0 Å². The monoisotopic (exact) mass is 241 g/mol. The van der Waals surface area contributed by atoms with E-state index < -0.39 is 0 Å². The minimum atomic E-state index is 0.142. The first-order valence-electron chi connectivity index (χ1n) is 6.42. The Kier molecular flexibility index (Phi) is 4.07. The Morgan fingerprint density at radius 2 is 2.17 bits per heavy atom. The van der Waals surface area contributed by atoms with E-state index in [9.17, 15) is 0 Å². The predicted molar refractivity (Wildman–Crippen MR) is 75.3 cm³/mol. The first-order chi connectivity index (χ1) is 8.76. The normalized spacial score (nSPS) is 12.5. The molecule has 1 heterocycles. The van der Waals surface area contributed by atoms with Gasteiger partial charge in [-0.15, -0.1) is 6.42 Å². The van der Waals surface area contributed by atoms with Crippen LogP contribution in [0, 0.1) is 19.3 Å². The second kappa shape index (κ2) is 5.75. The zero-order valence-corrected chi connectivity index (χ0v) is 11.0. The van der Waals surface area contributed by atoms with Crippen molar-refractivity contribution in [1.29, 1.82) is 0 Å².